The van der Waals surface area contributed by atoms with Gasteiger partial charge >= 0.3 is 0 Å². The highest BCUT2D eigenvalue weighted by Crippen LogP contribution is 2.13. The second kappa shape index (κ2) is 10.3. The van der Waals surface area contributed by atoms with Gasteiger partial charge in [0.05, 0.1) is 5.69 Å². The first kappa shape index (κ1) is 19.6. The van der Waals surface area contributed by atoms with Crippen LogP contribution in [0.1, 0.15) is 54.4 Å². The van der Waals surface area contributed by atoms with Crippen molar-refractivity contribution in [2.24, 2.45) is 7.05 Å². The van der Waals surface area contributed by atoms with Crippen molar-refractivity contribution in [3.8, 4) is 17.6 Å². The van der Waals surface area contributed by atoms with Crippen molar-refractivity contribution in [3.05, 3.63) is 47.3 Å². The van der Waals surface area contributed by atoms with Gasteiger partial charge in [0.15, 0.2) is 0 Å². The minimum Gasteiger partial charge on any atom is -0.481 e. The molecule has 1 aromatic carbocycles. The van der Waals surface area contributed by atoms with E-state index in [-0.39, 0.29) is 5.91 Å². The van der Waals surface area contributed by atoms with Gasteiger partial charge in [-0.25, -0.2) is 0 Å². The molecule has 0 unspecified atom stereocenters. The molecule has 0 spiro atoms. The summed E-state index contributed by atoms with van der Waals surface area (Å²) >= 11 is 0. The Bertz CT molecular complexity index is 784. The summed E-state index contributed by atoms with van der Waals surface area (Å²) in [5.74, 6) is 6.79. The molecule has 0 aliphatic carbocycles. The first-order chi connectivity index (χ1) is 12.6. The van der Waals surface area contributed by atoms with Crippen LogP contribution < -0.4 is 10.1 Å². The Morgan fingerprint density at radius 3 is 2.85 bits per heavy atom. The van der Waals surface area contributed by atoms with Gasteiger partial charge in [-0.15, -0.1) is 0 Å². The van der Waals surface area contributed by atoms with Crippen LogP contribution in [-0.2, 0) is 13.6 Å². The monoisotopic (exact) mass is 353 g/mol. The first-order valence-electron chi connectivity index (χ1n) is 9.06. The van der Waals surface area contributed by atoms with E-state index in [9.17, 15) is 4.79 Å². The zero-order valence-electron chi connectivity index (χ0n) is 15.8. The summed E-state index contributed by atoms with van der Waals surface area (Å²) < 4.78 is 7.25. The average molecular weight is 353 g/mol. The lowest BCUT2D eigenvalue weighted by atomic mass is 10.2. The standard InChI is InChI=1S/C21H27N3O2/c1-4-5-6-7-8-9-13-26-19-12-10-11-18(15-19)16-22-21(25)20-14-17(2)23-24(20)3/h10-12,14-15H,4-7,13,16H2,1-3H3,(H,22,25). The van der Waals surface area contributed by atoms with Crippen LogP contribution in [0.2, 0.25) is 0 Å². The van der Waals surface area contributed by atoms with Crippen molar-refractivity contribution in [1.82, 2.24) is 15.1 Å². The maximum Gasteiger partial charge on any atom is 0.269 e. The molecule has 1 N–H and O–H groups in total. The maximum atomic E-state index is 12.2. The molecule has 0 atom stereocenters. The third-order valence-electron chi connectivity index (χ3n) is 3.93. The normalized spacial score (nSPS) is 10.1. The second-order valence-corrected chi connectivity index (χ2v) is 6.22. The van der Waals surface area contributed by atoms with E-state index in [0.29, 0.717) is 18.8 Å². The minimum atomic E-state index is -0.141. The van der Waals surface area contributed by atoms with E-state index >= 15 is 0 Å². The number of rotatable bonds is 8. The number of carbonyl (C=O) groups is 1. The van der Waals surface area contributed by atoms with E-state index < -0.39 is 0 Å². The summed E-state index contributed by atoms with van der Waals surface area (Å²) in [7, 11) is 1.76. The summed E-state index contributed by atoms with van der Waals surface area (Å²) in [6.45, 7) is 4.87. The van der Waals surface area contributed by atoms with Crippen LogP contribution in [0.4, 0.5) is 0 Å². The lowest BCUT2D eigenvalue weighted by Crippen LogP contribution is -2.25. The fourth-order valence-corrected chi connectivity index (χ4v) is 2.56. The van der Waals surface area contributed by atoms with Crippen LogP contribution in [0.5, 0.6) is 5.75 Å². The van der Waals surface area contributed by atoms with Crippen LogP contribution in [0, 0.1) is 18.8 Å². The van der Waals surface area contributed by atoms with Crippen molar-refractivity contribution >= 4 is 5.91 Å². The number of hydrogen-bond acceptors (Lipinski definition) is 3. The quantitative estimate of drug-likeness (QED) is 0.582. The Hall–Kier alpha value is -2.74. The third-order valence-corrected chi connectivity index (χ3v) is 3.93. The van der Waals surface area contributed by atoms with E-state index in [1.807, 2.05) is 31.2 Å². The highest BCUT2D eigenvalue weighted by molar-refractivity contribution is 5.92. The molecule has 2 rings (SSSR count). The van der Waals surface area contributed by atoms with Gasteiger partial charge in [0.1, 0.15) is 18.1 Å². The van der Waals surface area contributed by atoms with Gasteiger partial charge < -0.3 is 10.1 Å². The fourth-order valence-electron chi connectivity index (χ4n) is 2.56. The van der Waals surface area contributed by atoms with Crippen molar-refractivity contribution in [1.29, 1.82) is 0 Å². The molecule has 1 amide bonds. The van der Waals surface area contributed by atoms with Crippen molar-refractivity contribution < 1.29 is 9.53 Å². The van der Waals surface area contributed by atoms with E-state index in [1.54, 1.807) is 17.8 Å². The smallest absolute Gasteiger partial charge is 0.269 e. The lowest BCUT2D eigenvalue weighted by Gasteiger charge is -2.07. The molecule has 0 radical (unpaired) electrons. The molecule has 2 aromatic rings. The lowest BCUT2D eigenvalue weighted by molar-refractivity contribution is 0.0941. The number of unbranched alkanes of at least 4 members (excludes halogenated alkanes) is 3. The number of amides is 1. The van der Waals surface area contributed by atoms with Gasteiger partial charge in [-0.3, -0.25) is 9.48 Å². The van der Waals surface area contributed by atoms with Crippen LogP contribution in [0.15, 0.2) is 30.3 Å². The molecule has 0 saturated carbocycles. The number of benzene rings is 1. The Balaban J connectivity index is 1.81. The first-order valence-corrected chi connectivity index (χ1v) is 9.06. The molecule has 0 aliphatic heterocycles. The number of nitrogens with one attached hydrogen (secondary N) is 1. The molecule has 0 saturated heterocycles. The van der Waals surface area contributed by atoms with E-state index in [2.05, 4.69) is 29.2 Å². The number of aromatic nitrogens is 2. The molecular formula is C21H27N3O2. The zero-order chi connectivity index (χ0) is 18.8. The van der Waals surface area contributed by atoms with E-state index in [4.69, 9.17) is 4.74 Å². The molecule has 0 bridgehead atoms. The Labute approximate surface area is 155 Å². The predicted molar refractivity (Wildman–Crippen MR) is 103 cm³/mol. The van der Waals surface area contributed by atoms with Gasteiger partial charge in [0.2, 0.25) is 0 Å². The average Bonchev–Trinajstić information content (AvgIpc) is 2.97. The minimum absolute atomic E-state index is 0.141. The van der Waals surface area contributed by atoms with Gasteiger partial charge in [-0.2, -0.15) is 5.10 Å². The van der Waals surface area contributed by atoms with Crippen LogP contribution in [0.3, 0.4) is 0 Å². The maximum absolute atomic E-state index is 12.2. The van der Waals surface area contributed by atoms with Crippen LogP contribution in [0.25, 0.3) is 0 Å². The Morgan fingerprint density at radius 2 is 2.12 bits per heavy atom. The number of hydrogen-bond donors (Lipinski definition) is 1. The van der Waals surface area contributed by atoms with Crippen LogP contribution in [-0.4, -0.2) is 22.3 Å². The summed E-state index contributed by atoms with van der Waals surface area (Å²) in [6.07, 6.45) is 4.51. The highest BCUT2D eigenvalue weighted by Gasteiger charge is 2.11. The largest absolute Gasteiger partial charge is 0.481 e. The van der Waals surface area contributed by atoms with Crippen molar-refractivity contribution in [3.63, 3.8) is 0 Å². The SMILES string of the molecule is CCCCCC#CCOc1cccc(CNC(=O)c2cc(C)nn2C)c1. The second-order valence-electron chi connectivity index (χ2n) is 6.22. The van der Waals surface area contributed by atoms with Gasteiger partial charge in [0, 0.05) is 20.0 Å². The summed E-state index contributed by atoms with van der Waals surface area (Å²) in [5.41, 5.74) is 2.35. The highest BCUT2D eigenvalue weighted by atomic mass is 16.5. The number of nitrogens with zero attached hydrogens (tertiary/aromatic N) is 2. The molecule has 1 heterocycles. The molecule has 0 aliphatic rings. The fraction of sp³-hybridized carbons (Fsp3) is 0.429. The predicted octanol–water partition coefficient (Wildman–Crippen LogP) is 3.62. The van der Waals surface area contributed by atoms with E-state index in [1.165, 1.54) is 12.8 Å². The molecule has 0 fully saturated rings. The van der Waals surface area contributed by atoms with Crippen molar-refractivity contribution in [2.75, 3.05) is 6.61 Å². The van der Waals surface area contributed by atoms with Crippen LogP contribution >= 0.6 is 0 Å². The Morgan fingerprint density at radius 1 is 1.27 bits per heavy atom. The topological polar surface area (TPSA) is 56.1 Å². The number of carbonyl (C=O) groups excluding carboxylic acids is 1. The number of ether oxygens (including phenoxy) is 1. The van der Waals surface area contributed by atoms with Gasteiger partial charge in [0.25, 0.3) is 5.91 Å². The van der Waals surface area contributed by atoms with Crippen molar-refractivity contribution in [2.45, 2.75) is 46.1 Å². The molecule has 138 valence electrons. The summed E-state index contributed by atoms with van der Waals surface area (Å²) in [5, 5.41) is 7.10. The zero-order valence-corrected chi connectivity index (χ0v) is 15.8. The molecule has 5 nitrogen and oxygen atoms in total. The number of aryl methyl sites for hydroxylation is 2. The Kier molecular flexibility index (Phi) is 7.75. The van der Waals surface area contributed by atoms with Gasteiger partial charge in [-0.1, -0.05) is 43.7 Å². The summed E-state index contributed by atoms with van der Waals surface area (Å²) in [4.78, 5) is 12.2. The molecular weight excluding hydrogens is 326 g/mol. The summed E-state index contributed by atoms with van der Waals surface area (Å²) in [6, 6.07) is 9.47. The third kappa shape index (κ3) is 6.29. The van der Waals surface area contributed by atoms with E-state index in [0.717, 1.165) is 29.8 Å². The van der Waals surface area contributed by atoms with Gasteiger partial charge in [-0.05, 0) is 37.1 Å². The molecule has 5 heteroatoms. The molecule has 1 aromatic heterocycles. The molecule has 26 heavy (non-hydrogen) atoms.